The van der Waals surface area contributed by atoms with Crippen molar-refractivity contribution in [2.24, 2.45) is 5.92 Å². The van der Waals surface area contributed by atoms with Crippen molar-refractivity contribution in [1.82, 2.24) is 4.90 Å². The zero-order chi connectivity index (χ0) is 21.9. The van der Waals surface area contributed by atoms with E-state index in [0.717, 1.165) is 43.2 Å². The third-order valence-electron chi connectivity index (χ3n) is 6.87. The Kier molecular flexibility index (Phi) is 6.83. The standard InChI is InChI=1S/C25H29ClF3NO/c26-22-8-4-20(5-9-22)24(13-2-14-24)18-30-15-1-3-19(17-30)12-16-31-23-10-6-21(7-11-23)25(27,28)29/h4-11,19H,1-3,12-18H2/t19-/m0/s1. The van der Waals surface area contributed by atoms with E-state index in [1.807, 2.05) is 12.1 Å². The predicted octanol–water partition coefficient (Wildman–Crippen LogP) is 6.96. The number of alkyl halides is 3. The molecule has 1 heterocycles. The fraction of sp³-hybridized carbons (Fsp3) is 0.520. The molecule has 2 aromatic carbocycles. The molecule has 1 aliphatic carbocycles. The Hall–Kier alpha value is -1.72. The highest BCUT2D eigenvalue weighted by Crippen LogP contribution is 2.45. The number of halogens is 4. The van der Waals surface area contributed by atoms with Crippen LogP contribution in [0.2, 0.25) is 5.02 Å². The van der Waals surface area contributed by atoms with E-state index in [1.54, 1.807) is 0 Å². The molecule has 1 atom stereocenters. The molecule has 168 valence electrons. The first kappa shape index (κ1) is 22.5. The van der Waals surface area contributed by atoms with Gasteiger partial charge in [0.05, 0.1) is 12.2 Å². The Balaban J connectivity index is 1.27. The van der Waals surface area contributed by atoms with Crippen LogP contribution < -0.4 is 4.74 Å². The largest absolute Gasteiger partial charge is 0.494 e. The summed E-state index contributed by atoms with van der Waals surface area (Å²) < 4.78 is 43.7. The Labute approximate surface area is 187 Å². The van der Waals surface area contributed by atoms with Crippen molar-refractivity contribution in [2.75, 3.05) is 26.2 Å². The van der Waals surface area contributed by atoms with Crippen molar-refractivity contribution < 1.29 is 17.9 Å². The second kappa shape index (κ2) is 9.41. The highest BCUT2D eigenvalue weighted by molar-refractivity contribution is 6.30. The topological polar surface area (TPSA) is 12.5 Å². The van der Waals surface area contributed by atoms with Gasteiger partial charge in [0.2, 0.25) is 0 Å². The van der Waals surface area contributed by atoms with Crippen molar-refractivity contribution in [1.29, 1.82) is 0 Å². The molecule has 2 fully saturated rings. The summed E-state index contributed by atoms with van der Waals surface area (Å²) in [5, 5.41) is 0.782. The average molecular weight is 452 g/mol. The minimum atomic E-state index is -4.31. The first-order valence-corrected chi connectivity index (χ1v) is 11.5. The van der Waals surface area contributed by atoms with Crippen LogP contribution in [0.5, 0.6) is 5.75 Å². The highest BCUT2D eigenvalue weighted by atomic mass is 35.5. The monoisotopic (exact) mass is 451 g/mol. The fourth-order valence-corrected chi connectivity index (χ4v) is 5.11. The molecule has 2 aromatic rings. The number of hydrogen-bond donors (Lipinski definition) is 0. The highest BCUT2D eigenvalue weighted by Gasteiger charge is 2.40. The number of rotatable bonds is 7. The lowest BCUT2D eigenvalue weighted by molar-refractivity contribution is -0.137. The Morgan fingerprint density at radius 2 is 1.71 bits per heavy atom. The average Bonchev–Trinajstić information content (AvgIpc) is 2.72. The van der Waals surface area contributed by atoms with Gasteiger partial charge in [0.1, 0.15) is 5.75 Å². The minimum absolute atomic E-state index is 0.253. The maximum atomic E-state index is 12.7. The molecule has 6 heteroatoms. The fourth-order valence-electron chi connectivity index (χ4n) is 4.99. The van der Waals surface area contributed by atoms with Gasteiger partial charge in [-0.3, -0.25) is 0 Å². The maximum Gasteiger partial charge on any atom is 0.416 e. The zero-order valence-corrected chi connectivity index (χ0v) is 18.4. The number of likely N-dealkylation sites (tertiary alicyclic amines) is 1. The molecule has 0 unspecified atom stereocenters. The van der Waals surface area contributed by atoms with Crippen molar-refractivity contribution in [3.8, 4) is 5.75 Å². The van der Waals surface area contributed by atoms with E-state index >= 15 is 0 Å². The Bertz CT molecular complexity index is 847. The van der Waals surface area contributed by atoms with Crippen molar-refractivity contribution in [3.63, 3.8) is 0 Å². The molecule has 0 amide bonds. The van der Waals surface area contributed by atoms with E-state index in [9.17, 15) is 13.2 Å². The van der Waals surface area contributed by atoms with Crippen LogP contribution in [0.25, 0.3) is 0 Å². The van der Waals surface area contributed by atoms with Gasteiger partial charge in [-0.2, -0.15) is 13.2 Å². The summed E-state index contributed by atoms with van der Waals surface area (Å²) in [6.07, 6.45) is 2.71. The van der Waals surface area contributed by atoms with Crippen LogP contribution in [0.1, 0.15) is 49.7 Å². The minimum Gasteiger partial charge on any atom is -0.494 e. The molecule has 2 nitrogen and oxygen atoms in total. The van der Waals surface area contributed by atoms with Gasteiger partial charge < -0.3 is 9.64 Å². The number of ether oxygens (including phenoxy) is 1. The summed E-state index contributed by atoms with van der Waals surface area (Å²) in [5.74, 6) is 1.06. The van der Waals surface area contributed by atoms with Crippen LogP contribution in [0.3, 0.4) is 0 Å². The lowest BCUT2D eigenvalue weighted by Crippen LogP contribution is -2.48. The Morgan fingerprint density at radius 1 is 1.00 bits per heavy atom. The van der Waals surface area contributed by atoms with Crippen molar-refractivity contribution in [2.45, 2.75) is 50.1 Å². The van der Waals surface area contributed by atoms with Crippen LogP contribution in [-0.2, 0) is 11.6 Å². The van der Waals surface area contributed by atoms with E-state index in [1.165, 1.54) is 49.8 Å². The molecule has 1 aliphatic heterocycles. The van der Waals surface area contributed by atoms with Crippen LogP contribution in [-0.4, -0.2) is 31.1 Å². The van der Waals surface area contributed by atoms with Gasteiger partial charge in [-0.05, 0) is 86.5 Å². The Morgan fingerprint density at radius 3 is 2.32 bits per heavy atom. The molecule has 0 N–H and O–H groups in total. The number of benzene rings is 2. The van der Waals surface area contributed by atoms with Gasteiger partial charge in [0.15, 0.2) is 0 Å². The summed E-state index contributed by atoms with van der Waals surface area (Å²) in [5.41, 5.74) is 1.01. The number of piperidine rings is 1. The summed E-state index contributed by atoms with van der Waals surface area (Å²) in [6.45, 7) is 3.81. The molecular weight excluding hydrogens is 423 g/mol. The molecule has 1 saturated carbocycles. The SMILES string of the molecule is FC(F)(F)c1ccc(OCC[C@@H]2CCCN(CC3(c4ccc(Cl)cc4)CCC3)C2)cc1. The summed E-state index contributed by atoms with van der Waals surface area (Å²) in [7, 11) is 0. The van der Waals surface area contributed by atoms with E-state index in [0.29, 0.717) is 18.3 Å². The molecule has 1 saturated heterocycles. The molecular formula is C25H29ClF3NO. The normalized spacial score (nSPS) is 21.5. The molecule has 31 heavy (non-hydrogen) atoms. The van der Waals surface area contributed by atoms with Gasteiger partial charge in [-0.15, -0.1) is 0 Å². The van der Waals surface area contributed by atoms with E-state index in [4.69, 9.17) is 16.3 Å². The van der Waals surface area contributed by atoms with Crippen LogP contribution in [0.15, 0.2) is 48.5 Å². The second-order valence-corrected chi connectivity index (χ2v) is 9.48. The first-order valence-electron chi connectivity index (χ1n) is 11.1. The van der Waals surface area contributed by atoms with Crippen LogP contribution in [0, 0.1) is 5.92 Å². The second-order valence-electron chi connectivity index (χ2n) is 9.04. The molecule has 0 bridgehead atoms. The van der Waals surface area contributed by atoms with E-state index in [-0.39, 0.29) is 5.41 Å². The maximum absolute atomic E-state index is 12.7. The van der Waals surface area contributed by atoms with Gasteiger partial charge in [0.25, 0.3) is 0 Å². The summed E-state index contributed by atoms with van der Waals surface area (Å²) in [6, 6.07) is 13.3. The van der Waals surface area contributed by atoms with Gasteiger partial charge in [-0.1, -0.05) is 30.2 Å². The predicted molar refractivity (Wildman–Crippen MR) is 118 cm³/mol. The molecule has 0 spiro atoms. The molecule has 0 aromatic heterocycles. The van der Waals surface area contributed by atoms with Gasteiger partial charge >= 0.3 is 6.18 Å². The summed E-state index contributed by atoms with van der Waals surface area (Å²) in [4.78, 5) is 2.60. The number of hydrogen-bond acceptors (Lipinski definition) is 2. The van der Waals surface area contributed by atoms with E-state index < -0.39 is 11.7 Å². The third-order valence-corrected chi connectivity index (χ3v) is 7.13. The van der Waals surface area contributed by atoms with Crippen molar-refractivity contribution >= 4 is 11.6 Å². The lowest BCUT2D eigenvalue weighted by Gasteiger charge is -2.47. The number of nitrogens with zero attached hydrogens (tertiary/aromatic N) is 1. The van der Waals surface area contributed by atoms with E-state index in [2.05, 4.69) is 17.0 Å². The van der Waals surface area contributed by atoms with Gasteiger partial charge in [0, 0.05) is 23.5 Å². The quantitative estimate of drug-likeness (QED) is 0.451. The molecule has 4 rings (SSSR count). The van der Waals surface area contributed by atoms with Crippen LogP contribution >= 0.6 is 11.6 Å². The van der Waals surface area contributed by atoms with Gasteiger partial charge in [-0.25, -0.2) is 0 Å². The van der Waals surface area contributed by atoms with Crippen LogP contribution in [0.4, 0.5) is 13.2 Å². The molecule has 0 radical (unpaired) electrons. The first-order chi connectivity index (χ1) is 14.8. The smallest absolute Gasteiger partial charge is 0.416 e. The van der Waals surface area contributed by atoms with Crippen molar-refractivity contribution in [3.05, 3.63) is 64.7 Å². The zero-order valence-electron chi connectivity index (χ0n) is 17.6. The summed E-state index contributed by atoms with van der Waals surface area (Å²) >= 11 is 6.08. The third kappa shape index (κ3) is 5.56. The molecule has 2 aliphatic rings. The lowest BCUT2D eigenvalue weighted by atomic mass is 9.64.